The molecule has 2 N–H and O–H groups in total. The third-order valence-electron chi connectivity index (χ3n) is 4.83. The van der Waals surface area contributed by atoms with Gasteiger partial charge < -0.3 is 20.0 Å². The van der Waals surface area contributed by atoms with Crippen LogP contribution < -0.4 is 10.6 Å². The largest absolute Gasteiger partial charge is 0.459 e. The molecule has 0 saturated carbocycles. The summed E-state index contributed by atoms with van der Waals surface area (Å²) in [7, 11) is 1.57. The Kier molecular flexibility index (Phi) is 4.97. The molecule has 0 bridgehead atoms. The molecule has 0 aliphatic carbocycles. The van der Waals surface area contributed by atoms with Crippen molar-refractivity contribution in [3.63, 3.8) is 0 Å². The highest BCUT2D eigenvalue weighted by molar-refractivity contribution is 5.94. The van der Waals surface area contributed by atoms with Crippen LogP contribution in [0.4, 0.5) is 10.1 Å². The summed E-state index contributed by atoms with van der Waals surface area (Å²) in [5, 5.41) is 5.85. The molecule has 1 fully saturated rings. The average Bonchev–Trinajstić information content (AvgIpc) is 3.07. The highest BCUT2D eigenvalue weighted by atomic mass is 19.1. The maximum atomic E-state index is 13.5. The van der Waals surface area contributed by atoms with E-state index >= 15 is 0 Å². The summed E-state index contributed by atoms with van der Waals surface area (Å²) in [4.78, 5) is 26.8. The number of amides is 2. The predicted octanol–water partition coefficient (Wildman–Crippen LogP) is 2.56. The Balaban J connectivity index is 1.76. The van der Waals surface area contributed by atoms with Gasteiger partial charge >= 0.3 is 0 Å². The number of aryl methyl sites for hydroxylation is 1. The van der Waals surface area contributed by atoms with Gasteiger partial charge in [-0.05, 0) is 44.0 Å². The average molecular weight is 359 g/mol. The molecule has 2 heterocycles. The highest BCUT2D eigenvalue weighted by Gasteiger charge is 2.42. The monoisotopic (exact) mass is 359 g/mol. The number of furan rings is 1. The SMILES string of the molecule is CNC(=O)C1(Nc2cccc(F)c2)CCN(C(=O)c2occc2C)CC1. The summed E-state index contributed by atoms with van der Waals surface area (Å²) in [6, 6.07) is 7.77. The van der Waals surface area contributed by atoms with E-state index in [1.807, 2.05) is 6.92 Å². The van der Waals surface area contributed by atoms with E-state index < -0.39 is 5.54 Å². The zero-order valence-electron chi connectivity index (χ0n) is 14.8. The second-order valence-corrected chi connectivity index (χ2v) is 6.52. The number of likely N-dealkylation sites (N-methyl/N-ethyl adjacent to an activating group) is 1. The van der Waals surface area contributed by atoms with Crippen molar-refractivity contribution in [1.29, 1.82) is 0 Å². The zero-order chi connectivity index (χ0) is 18.7. The van der Waals surface area contributed by atoms with Crippen LogP contribution in [0.3, 0.4) is 0 Å². The van der Waals surface area contributed by atoms with Crippen molar-refractivity contribution >= 4 is 17.5 Å². The Bertz CT molecular complexity index is 810. The van der Waals surface area contributed by atoms with Crippen LogP contribution in [0, 0.1) is 12.7 Å². The second kappa shape index (κ2) is 7.19. The van der Waals surface area contributed by atoms with Crippen molar-refractivity contribution in [2.45, 2.75) is 25.3 Å². The van der Waals surface area contributed by atoms with Gasteiger partial charge in [-0.15, -0.1) is 0 Å². The summed E-state index contributed by atoms with van der Waals surface area (Å²) in [5.74, 6) is -0.398. The van der Waals surface area contributed by atoms with Crippen molar-refractivity contribution in [3.8, 4) is 0 Å². The van der Waals surface area contributed by atoms with Crippen molar-refractivity contribution in [2.75, 3.05) is 25.5 Å². The minimum atomic E-state index is -0.891. The molecule has 26 heavy (non-hydrogen) atoms. The fraction of sp³-hybridized carbons (Fsp3) is 0.368. The molecule has 1 aliphatic rings. The summed E-state index contributed by atoms with van der Waals surface area (Å²) < 4.78 is 18.8. The van der Waals surface area contributed by atoms with Crippen LogP contribution in [0.1, 0.15) is 29.0 Å². The minimum absolute atomic E-state index is 0.177. The van der Waals surface area contributed by atoms with E-state index in [4.69, 9.17) is 4.42 Å². The number of carbonyl (C=O) groups is 2. The molecule has 1 saturated heterocycles. The Morgan fingerprint density at radius 1 is 1.23 bits per heavy atom. The fourth-order valence-electron chi connectivity index (χ4n) is 3.32. The molecule has 0 unspecified atom stereocenters. The van der Waals surface area contributed by atoms with Crippen LogP contribution >= 0.6 is 0 Å². The molecule has 0 spiro atoms. The third kappa shape index (κ3) is 3.42. The fourth-order valence-corrected chi connectivity index (χ4v) is 3.32. The third-order valence-corrected chi connectivity index (χ3v) is 4.83. The number of rotatable bonds is 4. The van der Waals surface area contributed by atoms with Crippen molar-refractivity contribution in [2.24, 2.45) is 0 Å². The number of nitrogens with one attached hydrogen (secondary N) is 2. The van der Waals surface area contributed by atoms with Crippen LogP contribution in [0.2, 0.25) is 0 Å². The van der Waals surface area contributed by atoms with Gasteiger partial charge in [-0.3, -0.25) is 9.59 Å². The molecule has 2 aromatic rings. The maximum Gasteiger partial charge on any atom is 0.289 e. The summed E-state index contributed by atoms with van der Waals surface area (Å²) in [6.07, 6.45) is 2.32. The first kappa shape index (κ1) is 18.0. The lowest BCUT2D eigenvalue weighted by molar-refractivity contribution is -0.126. The first-order chi connectivity index (χ1) is 12.4. The standard InChI is InChI=1S/C19H22FN3O3/c1-13-6-11-26-16(13)17(24)23-9-7-19(8-10-23,18(25)21-2)22-15-5-3-4-14(20)12-15/h3-6,11-12,22H,7-10H2,1-2H3,(H,21,25). The summed E-state index contributed by atoms with van der Waals surface area (Å²) >= 11 is 0. The van der Waals surface area contributed by atoms with Gasteiger partial charge in [-0.1, -0.05) is 6.07 Å². The molecule has 1 aromatic carbocycles. The smallest absolute Gasteiger partial charge is 0.289 e. The number of carbonyl (C=O) groups excluding carboxylic acids is 2. The van der Waals surface area contributed by atoms with E-state index in [1.54, 1.807) is 30.1 Å². The van der Waals surface area contributed by atoms with Gasteiger partial charge in [0, 0.05) is 31.4 Å². The molecule has 1 aliphatic heterocycles. The quantitative estimate of drug-likeness (QED) is 0.880. The molecule has 2 amide bonds. The first-order valence-electron chi connectivity index (χ1n) is 8.54. The van der Waals surface area contributed by atoms with Gasteiger partial charge in [0.25, 0.3) is 5.91 Å². The number of halogens is 1. The second-order valence-electron chi connectivity index (χ2n) is 6.52. The Morgan fingerprint density at radius 3 is 2.54 bits per heavy atom. The minimum Gasteiger partial charge on any atom is -0.459 e. The highest BCUT2D eigenvalue weighted by Crippen LogP contribution is 2.29. The number of hydrogen-bond donors (Lipinski definition) is 2. The molecule has 3 rings (SSSR count). The number of likely N-dealkylation sites (tertiary alicyclic amines) is 1. The van der Waals surface area contributed by atoms with Crippen LogP contribution in [0.5, 0.6) is 0 Å². The van der Waals surface area contributed by atoms with E-state index in [0.29, 0.717) is 37.4 Å². The van der Waals surface area contributed by atoms with E-state index in [9.17, 15) is 14.0 Å². The molecule has 7 heteroatoms. The van der Waals surface area contributed by atoms with Gasteiger partial charge in [-0.2, -0.15) is 0 Å². The molecule has 1 aromatic heterocycles. The lowest BCUT2D eigenvalue weighted by Gasteiger charge is -2.41. The molecular weight excluding hydrogens is 337 g/mol. The Morgan fingerprint density at radius 2 is 1.96 bits per heavy atom. The Labute approximate surface area is 151 Å². The van der Waals surface area contributed by atoms with Gasteiger partial charge in [0.15, 0.2) is 5.76 Å². The maximum absolute atomic E-state index is 13.5. The first-order valence-corrected chi connectivity index (χ1v) is 8.54. The Hall–Kier alpha value is -2.83. The van der Waals surface area contributed by atoms with Gasteiger partial charge in [0.2, 0.25) is 5.91 Å². The lowest BCUT2D eigenvalue weighted by Crippen LogP contribution is -2.58. The molecule has 6 nitrogen and oxygen atoms in total. The van der Waals surface area contributed by atoms with Crippen molar-refractivity contribution < 1.29 is 18.4 Å². The number of hydrogen-bond acceptors (Lipinski definition) is 4. The van der Waals surface area contributed by atoms with Crippen LogP contribution in [0.25, 0.3) is 0 Å². The number of benzene rings is 1. The normalized spacial score (nSPS) is 16.2. The summed E-state index contributed by atoms with van der Waals surface area (Å²) in [5.41, 5.74) is 0.434. The van der Waals surface area contributed by atoms with Crippen LogP contribution in [0.15, 0.2) is 41.0 Å². The van der Waals surface area contributed by atoms with E-state index in [2.05, 4.69) is 10.6 Å². The molecule has 0 atom stereocenters. The number of piperidine rings is 1. The van der Waals surface area contributed by atoms with Gasteiger partial charge in [0.05, 0.1) is 6.26 Å². The van der Waals surface area contributed by atoms with Crippen molar-refractivity contribution in [3.05, 3.63) is 53.7 Å². The molecular formula is C19H22FN3O3. The topological polar surface area (TPSA) is 74.6 Å². The van der Waals surface area contributed by atoms with Crippen molar-refractivity contribution in [1.82, 2.24) is 10.2 Å². The van der Waals surface area contributed by atoms with Crippen LogP contribution in [-0.4, -0.2) is 42.4 Å². The number of anilines is 1. The van der Waals surface area contributed by atoms with E-state index in [1.165, 1.54) is 18.4 Å². The predicted molar refractivity (Wildman–Crippen MR) is 95.4 cm³/mol. The van der Waals surface area contributed by atoms with Gasteiger partial charge in [-0.25, -0.2) is 4.39 Å². The zero-order valence-corrected chi connectivity index (χ0v) is 14.8. The molecule has 0 radical (unpaired) electrons. The summed E-state index contributed by atoms with van der Waals surface area (Å²) in [6.45, 7) is 2.62. The van der Waals surface area contributed by atoms with E-state index in [0.717, 1.165) is 5.56 Å². The van der Waals surface area contributed by atoms with Gasteiger partial charge in [0.1, 0.15) is 11.4 Å². The number of nitrogens with zero attached hydrogens (tertiary/aromatic N) is 1. The lowest BCUT2D eigenvalue weighted by atomic mass is 9.85. The van der Waals surface area contributed by atoms with Crippen LogP contribution in [-0.2, 0) is 4.79 Å². The molecule has 138 valence electrons. The van der Waals surface area contributed by atoms with E-state index in [-0.39, 0.29) is 17.6 Å².